The van der Waals surface area contributed by atoms with Crippen molar-refractivity contribution < 1.29 is 29.3 Å². The predicted octanol–water partition coefficient (Wildman–Crippen LogP) is 2.23. The van der Waals surface area contributed by atoms with Gasteiger partial charge in [0.15, 0.2) is 0 Å². The number of phenolic OH excluding ortho intramolecular Hbond substituents is 1. The summed E-state index contributed by atoms with van der Waals surface area (Å²) in [5.41, 5.74) is 0.188. The van der Waals surface area contributed by atoms with E-state index in [1.165, 1.54) is 13.2 Å². The minimum absolute atomic E-state index is 0.0250. The van der Waals surface area contributed by atoms with Crippen LogP contribution in [0.1, 0.15) is 31.9 Å². The maximum absolute atomic E-state index is 11.8. The molecule has 0 bridgehead atoms. The lowest BCUT2D eigenvalue weighted by Gasteiger charge is -2.22. The fourth-order valence-corrected chi connectivity index (χ4v) is 1.96. The molecular weight excluding hydrogens is 302 g/mol. The molecule has 0 saturated heterocycles. The zero-order valence-electron chi connectivity index (χ0n) is 14.0. The van der Waals surface area contributed by atoms with Crippen molar-refractivity contribution in [1.29, 1.82) is 0 Å². The van der Waals surface area contributed by atoms with Crippen LogP contribution in [0.15, 0.2) is 12.1 Å². The molecule has 128 valence electrons. The van der Waals surface area contributed by atoms with Crippen LogP contribution in [-0.2, 0) is 16.0 Å². The fourth-order valence-electron chi connectivity index (χ4n) is 1.96. The van der Waals surface area contributed by atoms with Crippen LogP contribution in [0.2, 0.25) is 0 Å². The van der Waals surface area contributed by atoms with Gasteiger partial charge in [0.05, 0.1) is 7.11 Å². The first-order valence-corrected chi connectivity index (χ1v) is 7.12. The van der Waals surface area contributed by atoms with Gasteiger partial charge in [0, 0.05) is 12.0 Å². The molecular formula is C16H23NO6. The summed E-state index contributed by atoms with van der Waals surface area (Å²) in [5, 5.41) is 21.7. The van der Waals surface area contributed by atoms with Gasteiger partial charge in [0.1, 0.15) is 23.1 Å². The second-order valence-electron chi connectivity index (χ2n) is 6.19. The summed E-state index contributed by atoms with van der Waals surface area (Å²) in [6.45, 7) is 6.72. The third kappa shape index (κ3) is 5.69. The quantitative estimate of drug-likeness (QED) is 0.767. The highest BCUT2D eigenvalue weighted by Gasteiger charge is 2.25. The van der Waals surface area contributed by atoms with Gasteiger partial charge in [-0.05, 0) is 45.4 Å². The summed E-state index contributed by atoms with van der Waals surface area (Å²) < 4.78 is 10.2. The summed E-state index contributed by atoms with van der Waals surface area (Å²) >= 11 is 0. The topological polar surface area (TPSA) is 105 Å². The zero-order valence-corrected chi connectivity index (χ0v) is 14.0. The first-order chi connectivity index (χ1) is 10.5. The van der Waals surface area contributed by atoms with Crippen molar-refractivity contribution in [3.8, 4) is 11.5 Å². The van der Waals surface area contributed by atoms with E-state index in [9.17, 15) is 19.8 Å². The molecule has 7 heteroatoms. The zero-order chi connectivity index (χ0) is 17.8. The average molecular weight is 325 g/mol. The normalized spacial score (nSPS) is 12.4. The highest BCUT2D eigenvalue weighted by Crippen LogP contribution is 2.28. The number of aryl methyl sites for hydroxylation is 1. The number of methoxy groups -OCH3 is 1. The van der Waals surface area contributed by atoms with Crippen molar-refractivity contribution in [3.63, 3.8) is 0 Å². The number of aromatic hydroxyl groups is 1. The molecule has 1 aromatic carbocycles. The molecule has 0 spiro atoms. The lowest BCUT2D eigenvalue weighted by atomic mass is 10.0. The van der Waals surface area contributed by atoms with Gasteiger partial charge in [-0.2, -0.15) is 0 Å². The van der Waals surface area contributed by atoms with Gasteiger partial charge in [-0.3, -0.25) is 0 Å². The van der Waals surface area contributed by atoms with Gasteiger partial charge in [0.25, 0.3) is 0 Å². The number of carbonyl (C=O) groups is 2. The average Bonchev–Trinajstić information content (AvgIpc) is 2.40. The van der Waals surface area contributed by atoms with Crippen LogP contribution in [-0.4, -0.2) is 41.0 Å². The number of amides is 1. The Morgan fingerprint density at radius 1 is 1.30 bits per heavy atom. The van der Waals surface area contributed by atoms with E-state index in [-0.39, 0.29) is 12.2 Å². The second-order valence-corrected chi connectivity index (χ2v) is 6.19. The summed E-state index contributed by atoms with van der Waals surface area (Å²) in [5.74, 6) is -0.754. The summed E-state index contributed by atoms with van der Waals surface area (Å²) in [7, 11) is 1.48. The van der Waals surface area contributed by atoms with Gasteiger partial charge in [-0.25, -0.2) is 9.59 Å². The molecule has 0 aliphatic heterocycles. The van der Waals surface area contributed by atoms with E-state index in [2.05, 4.69) is 5.32 Å². The SMILES string of the molecule is COc1cc(C)c(O)c(CC(NC(=O)OC(C)(C)C)C(=O)O)c1. The van der Waals surface area contributed by atoms with Crippen LogP contribution in [0, 0.1) is 6.92 Å². The van der Waals surface area contributed by atoms with E-state index in [0.717, 1.165) is 0 Å². The highest BCUT2D eigenvalue weighted by atomic mass is 16.6. The summed E-state index contributed by atoms with van der Waals surface area (Å²) in [4.78, 5) is 23.1. The van der Waals surface area contributed by atoms with Crippen LogP contribution in [0.25, 0.3) is 0 Å². The van der Waals surface area contributed by atoms with Gasteiger partial charge in [-0.15, -0.1) is 0 Å². The lowest BCUT2D eigenvalue weighted by molar-refractivity contribution is -0.139. The molecule has 0 fully saturated rings. The van der Waals surface area contributed by atoms with E-state index in [0.29, 0.717) is 16.9 Å². The number of alkyl carbamates (subject to hydrolysis) is 1. The molecule has 0 aromatic heterocycles. The molecule has 0 saturated carbocycles. The number of ether oxygens (including phenoxy) is 2. The molecule has 1 unspecified atom stereocenters. The Morgan fingerprint density at radius 2 is 1.91 bits per heavy atom. The fraction of sp³-hybridized carbons (Fsp3) is 0.500. The number of carbonyl (C=O) groups excluding carboxylic acids is 1. The Bertz CT molecular complexity index is 591. The van der Waals surface area contributed by atoms with Crippen molar-refractivity contribution in [3.05, 3.63) is 23.3 Å². The van der Waals surface area contributed by atoms with E-state index in [1.54, 1.807) is 33.8 Å². The number of carboxylic acids is 1. The molecule has 1 rings (SSSR count). The van der Waals surface area contributed by atoms with Crippen LogP contribution in [0.3, 0.4) is 0 Å². The molecule has 0 radical (unpaired) electrons. The first-order valence-electron chi connectivity index (χ1n) is 7.12. The van der Waals surface area contributed by atoms with E-state index < -0.39 is 23.7 Å². The Labute approximate surface area is 135 Å². The molecule has 0 aliphatic carbocycles. The van der Waals surface area contributed by atoms with Crippen LogP contribution >= 0.6 is 0 Å². The van der Waals surface area contributed by atoms with Gasteiger partial charge in [-0.1, -0.05) is 0 Å². The maximum Gasteiger partial charge on any atom is 0.408 e. The molecule has 0 heterocycles. The van der Waals surface area contributed by atoms with Crippen LogP contribution in [0.5, 0.6) is 11.5 Å². The number of hydrogen-bond acceptors (Lipinski definition) is 5. The number of phenols is 1. The van der Waals surface area contributed by atoms with Crippen molar-refractivity contribution in [2.75, 3.05) is 7.11 Å². The molecule has 23 heavy (non-hydrogen) atoms. The van der Waals surface area contributed by atoms with Gasteiger partial charge < -0.3 is 25.0 Å². The third-order valence-corrected chi connectivity index (χ3v) is 3.00. The summed E-state index contributed by atoms with van der Waals surface area (Å²) in [6, 6.07) is 1.94. The van der Waals surface area contributed by atoms with Crippen molar-refractivity contribution in [1.82, 2.24) is 5.32 Å². The molecule has 3 N–H and O–H groups in total. The van der Waals surface area contributed by atoms with Crippen molar-refractivity contribution in [2.24, 2.45) is 0 Å². The monoisotopic (exact) mass is 325 g/mol. The lowest BCUT2D eigenvalue weighted by Crippen LogP contribution is -2.44. The van der Waals surface area contributed by atoms with E-state index in [1.807, 2.05) is 0 Å². The predicted molar refractivity (Wildman–Crippen MR) is 83.9 cm³/mol. The van der Waals surface area contributed by atoms with Crippen LogP contribution in [0.4, 0.5) is 4.79 Å². The van der Waals surface area contributed by atoms with Gasteiger partial charge in [0.2, 0.25) is 0 Å². The number of aliphatic carboxylic acids is 1. The van der Waals surface area contributed by atoms with E-state index in [4.69, 9.17) is 9.47 Å². The van der Waals surface area contributed by atoms with Crippen molar-refractivity contribution in [2.45, 2.75) is 45.8 Å². The maximum atomic E-state index is 11.8. The molecule has 1 amide bonds. The molecule has 1 atom stereocenters. The number of carboxylic acid groups (broad SMARTS) is 1. The second kappa shape index (κ2) is 7.21. The van der Waals surface area contributed by atoms with Gasteiger partial charge >= 0.3 is 12.1 Å². The number of nitrogens with one attached hydrogen (secondary N) is 1. The molecule has 1 aromatic rings. The molecule has 0 aliphatic rings. The van der Waals surface area contributed by atoms with Crippen molar-refractivity contribution >= 4 is 12.1 Å². The Balaban J connectivity index is 2.95. The number of benzene rings is 1. The Kier molecular flexibility index (Phi) is 5.84. The summed E-state index contributed by atoms with van der Waals surface area (Å²) in [6.07, 6.45) is -0.928. The Morgan fingerprint density at radius 3 is 2.39 bits per heavy atom. The minimum atomic E-state index is -1.23. The smallest absolute Gasteiger partial charge is 0.408 e. The number of hydrogen-bond donors (Lipinski definition) is 3. The Hall–Kier alpha value is -2.44. The third-order valence-electron chi connectivity index (χ3n) is 3.00. The van der Waals surface area contributed by atoms with Crippen LogP contribution < -0.4 is 10.1 Å². The standard InChI is InChI=1S/C16H23NO6/c1-9-6-11(22-5)7-10(13(9)18)8-12(14(19)20)17-15(21)23-16(2,3)4/h6-7,12,18H,8H2,1-5H3,(H,17,21)(H,19,20). The highest BCUT2D eigenvalue weighted by molar-refractivity contribution is 5.80. The minimum Gasteiger partial charge on any atom is -0.507 e. The van der Waals surface area contributed by atoms with E-state index >= 15 is 0 Å². The molecule has 7 nitrogen and oxygen atoms in total. The largest absolute Gasteiger partial charge is 0.507 e. The number of rotatable bonds is 5. The first kappa shape index (κ1) is 18.6.